The Kier molecular flexibility index (Phi) is 4.49. The Hall–Kier alpha value is -1.79. The van der Waals surface area contributed by atoms with Crippen LogP contribution < -0.4 is 10.6 Å². The fourth-order valence-corrected chi connectivity index (χ4v) is 2.90. The predicted molar refractivity (Wildman–Crippen MR) is 82.0 cm³/mol. The zero-order chi connectivity index (χ0) is 15.5. The molecular formula is C16H21N3O3. The standard InChI is InChI=1S/C16H21N3O3/c1-2-22-15-12(13(20)14(15)21)17-9-7-11-6-5-10-4-3-8-18-16(10)19-11/h5-6,12,15,17H,2-4,7-9H2,1H3,(H,18,19). The first-order valence-electron chi connectivity index (χ1n) is 7.86. The van der Waals surface area contributed by atoms with Gasteiger partial charge in [-0.1, -0.05) is 6.07 Å². The molecule has 2 unspecified atom stereocenters. The van der Waals surface area contributed by atoms with Crippen molar-refractivity contribution in [3.05, 3.63) is 23.4 Å². The molecular weight excluding hydrogens is 282 g/mol. The van der Waals surface area contributed by atoms with E-state index < -0.39 is 17.9 Å². The van der Waals surface area contributed by atoms with E-state index in [2.05, 4.69) is 21.7 Å². The van der Waals surface area contributed by atoms with Gasteiger partial charge in [-0.2, -0.15) is 0 Å². The highest BCUT2D eigenvalue weighted by Gasteiger charge is 2.49. The maximum absolute atomic E-state index is 11.6. The topological polar surface area (TPSA) is 80.3 Å². The van der Waals surface area contributed by atoms with Crippen molar-refractivity contribution in [2.45, 2.75) is 38.3 Å². The van der Waals surface area contributed by atoms with Crippen LogP contribution in [0.25, 0.3) is 0 Å². The molecule has 0 saturated heterocycles. The highest BCUT2D eigenvalue weighted by molar-refractivity contribution is 6.48. The lowest BCUT2D eigenvalue weighted by Gasteiger charge is -2.33. The van der Waals surface area contributed by atoms with Gasteiger partial charge in [-0.25, -0.2) is 4.98 Å². The molecule has 22 heavy (non-hydrogen) atoms. The normalized spacial score (nSPS) is 23.7. The molecule has 3 rings (SSSR count). The number of hydrogen-bond donors (Lipinski definition) is 2. The fourth-order valence-electron chi connectivity index (χ4n) is 2.90. The largest absolute Gasteiger partial charge is 0.370 e. The quantitative estimate of drug-likeness (QED) is 0.745. The third kappa shape index (κ3) is 2.89. The highest BCUT2D eigenvalue weighted by atomic mass is 16.5. The summed E-state index contributed by atoms with van der Waals surface area (Å²) in [5.74, 6) is 0.180. The summed E-state index contributed by atoms with van der Waals surface area (Å²) in [6.45, 7) is 3.81. The third-order valence-electron chi connectivity index (χ3n) is 4.13. The van der Waals surface area contributed by atoms with E-state index in [-0.39, 0.29) is 5.78 Å². The number of fused-ring (bicyclic) bond motifs is 1. The number of anilines is 1. The lowest BCUT2D eigenvalue weighted by atomic mass is 9.85. The van der Waals surface area contributed by atoms with Crippen molar-refractivity contribution < 1.29 is 14.3 Å². The molecule has 1 aliphatic heterocycles. The Labute approximate surface area is 129 Å². The van der Waals surface area contributed by atoms with Crippen LogP contribution in [0.2, 0.25) is 0 Å². The predicted octanol–water partition coefficient (Wildman–Crippen LogP) is 0.497. The van der Waals surface area contributed by atoms with Crippen LogP contribution in [0.5, 0.6) is 0 Å². The Balaban J connectivity index is 1.53. The summed E-state index contributed by atoms with van der Waals surface area (Å²) in [5, 5.41) is 6.42. The van der Waals surface area contributed by atoms with E-state index >= 15 is 0 Å². The molecule has 1 saturated carbocycles. The summed E-state index contributed by atoms with van der Waals surface area (Å²) in [7, 11) is 0. The molecule has 6 heteroatoms. The van der Waals surface area contributed by atoms with Gasteiger partial charge in [-0.3, -0.25) is 9.59 Å². The van der Waals surface area contributed by atoms with Gasteiger partial charge in [0, 0.05) is 31.8 Å². The number of nitrogens with zero attached hydrogens (tertiary/aromatic N) is 1. The molecule has 2 N–H and O–H groups in total. The Bertz CT molecular complexity index is 588. The number of hydrogen-bond acceptors (Lipinski definition) is 6. The number of pyridine rings is 1. The molecule has 2 aliphatic rings. The average Bonchev–Trinajstić information content (AvgIpc) is 2.56. The second-order valence-electron chi connectivity index (χ2n) is 5.63. The zero-order valence-corrected chi connectivity index (χ0v) is 12.7. The summed E-state index contributed by atoms with van der Waals surface area (Å²) in [6.07, 6.45) is 2.32. The average molecular weight is 303 g/mol. The number of ether oxygens (including phenoxy) is 1. The van der Waals surface area contributed by atoms with E-state index in [0.29, 0.717) is 19.6 Å². The van der Waals surface area contributed by atoms with Crippen molar-refractivity contribution in [3.8, 4) is 0 Å². The van der Waals surface area contributed by atoms with Gasteiger partial charge in [-0.15, -0.1) is 0 Å². The van der Waals surface area contributed by atoms with Crippen molar-refractivity contribution in [2.24, 2.45) is 0 Å². The van der Waals surface area contributed by atoms with Crippen LogP contribution in [0.1, 0.15) is 24.6 Å². The lowest BCUT2D eigenvalue weighted by molar-refractivity contribution is -0.158. The minimum Gasteiger partial charge on any atom is -0.370 e. The SMILES string of the molecule is CCOC1C(=O)C(=O)C1NCCc1ccc2c(n1)NCCC2. The van der Waals surface area contributed by atoms with Crippen molar-refractivity contribution in [1.82, 2.24) is 10.3 Å². The Morgan fingerprint density at radius 2 is 2.23 bits per heavy atom. The van der Waals surface area contributed by atoms with E-state index in [1.165, 1.54) is 5.56 Å². The summed E-state index contributed by atoms with van der Waals surface area (Å²) in [6, 6.07) is 3.65. The smallest absolute Gasteiger partial charge is 0.230 e. The molecule has 0 radical (unpaired) electrons. The van der Waals surface area contributed by atoms with Crippen molar-refractivity contribution >= 4 is 17.4 Å². The number of aryl methyl sites for hydroxylation is 1. The van der Waals surface area contributed by atoms with Crippen molar-refractivity contribution in [2.75, 3.05) is 25.0 Å². The van der Waals surface area contributed by atoms with Crippen molar-refractivity contribution in [3.63, 3.8) is 0 Å². The van der Waals surface area contributed by atoms with Crippen LogP contribution >= 0.6 is 0 Å². The molecule has 0 spiro atoms. The Morgan fingerprint density at radius 3 is 3.05 bits per heavy atom. The molecule has 2 heterocycles. The maximum Gasteiger partial charge on any atom is 0.230 e. The van der Waals surface area contributed by atoms with Crippen LogP contribution in [0, 0.1) is 0 Å². The van der Waals surface area contributed by atoms with Gasteiger partial charge in [0.1, 0.15) is 18.0 Å². The van der Waals surface area contributed by atoms with Gasteiger partial charge in [0.15, 0.2) is 0 Å². The van der Waals surface area contributed by atoms with Gasteiger partial charge in [-0.05, 0) is 31.4 Å². The Morgan fingerprint density at radius 1 is 1.36 bits per heavy atom. The number of ketones is 2. The summed E-state index contributed by atoms with van der Waals surface area (Å²) < 4.78 is 5.29. The number of carbonyl (C=O) groups excluding carboxylic acids is 2. The molecule has 118 valence electrons. The van der Waals surface area contributed by atoms with Gasteiger partial charge in [0.05, 0.1) is 0 Å². The number of carbonyl (C=O) groups is 2. The van der Waals surface area contributed by atoms with Crippen LogP contribution in [-0.2, 0) is 27.2 Å². The monoisotopic (exact) mass is 303 g/mol. The highest BCUT2D eigenvalue weighted by Crippen LogP contribution is 2.20. The third-order valence-corrected chi connectivity index (χ3v) is 4.13. The number of rotatable bonds is 6. The first-order valence-corrected chi connectivity index (χ1v) is 7.86. The van der Waals surface area contributed by atoms with E-state index in [1.54, 1.807) is 0 Å². The lowest BCUT2D eigenvalue weighted by Crippen LogP contribution is -2.65. The second-order valence-corrected chi connectivity index (χ2v) is 5.63. The van der Waals surface area contributed by atoms with E-state index in [0.717, 1.165) is 30.9 Å². The van der Waals surface area contributed by atoms with Gasteiger partial charge in [0.25, 0.3) is 0 Å². The number of aromatic nitrogens is 1. The zero-order valence-electron chi connectivity index (χ0n) is 12.7. The summed E-state index contributed by atoms with van der Waals surface area (Å²) in [4.78, 5) is 27.6. The van der Waals surface area contributed by atoms with Crippen LogP contribution in [0.3, 0.4) is 0 Å². The van der Waals surface area contributed by atoms with Crippen LogP contribution in [0.15, 0.2) is 12.1 Å². The molecule has 1 aliphatic carbocycles. The molecule has 0 aromatic carbocycles. The molecule has 0 amide bonds. The number of Topliss-reactive ketones (excluding diaryl/α,β-unsaturated/α-hetero) is 2. The van der Waals surface area contributed by atoms with E-state index in [4.69, 9.17) is 4.74 Å². The molecule has 1 aromatic rings. The van der Waals surface area contributed by atoms with E-state index in [9.17, 15) is 9.59 Å². The number of nitrogens with one attached hydrogen (secondary N) is 2. The van der Waals surface area contributed by atoms with Crippen molar-refractivity contribution in [1.29, 1.82) is 0 Å². The summed E-state index contributed by atoms with van der Waals surface area (Å²) in [5.41, 5.74) is 2.24. The van der Waals surface area contributed by atoms with Gasteiger partial charge >= 0.3 is 0 Å². The maximum atomic E-state index is 11.6. The minimum absolute atomic E-state index is 0.376. The van der Waals surface area contributed by atoms with Gasteiger partial charge in [0.2, 0.25) is 11.6 Å². The molecule has 6 nitrogen and oxygen atoms in total. The van der Waals surface area contributed by atoms with Crippen LogP contribution in [0.4, 0.5) is 5.82 Å². The first-order chi connectivity index (χ1) is 10.7. The second kappa shape index (κ2) is 6.54. The summed E-state index contributed by atoms with van der Waals surface area (Å²) >= 11 is 0. The molecule has 1 fully saturated rings. The molecule has 2 atom stereocenters. The molecule has 1 aromatic heterocycles. The first kappa shape index (κ1) is 15.1. The fraction of sp³-hybridized carbons (Fsp3) is 0.562. The van der Waals surface area contributed by atoms with E-state index in [1.807, 2.05) is 13.0 Å². The van der Waals surface area contributed by atoms with Crippen LogP contribution in [-0.4, -0.2) is 48.4 Å². The van der Waals surface area contributed by atoms with Gasteiger partial charge < -0.3 is 15.4 Å². The minimum atomic E-state index is -0.615. The molecule has 0 bridgehead atoms.